The van der Waals surface area contributed by atoms with Crippen molar-refractivity contribution in [1.29, 1.82) is 0 Å². The molecule has 2 aromatic rings. The topological polar surface area (TPSA) is 32.3 Å². The van der Waals surface area contributed by atoms with Crippen LogP contribution in [0.4, 0.5) is 0 Å². The minimum Gasteiger partial charge on any atom is -0.392 e. The molecule has 0 unspecified atom stereocenters. The molecule has 2 N–H and O–H groups in total. The highest BCUT2D eigenvalue weighted by atomic mass is 35.5. The summed E-state index contributed by atoms with van der Waals surface area (Å²) in [6, 6.07) is 19.1. The normalized spacial score (nSPS) is 11.7. The molecule has 0 aliphatic heterocycles. The summed E-state index contributed by atoms with van der Waals surface area (Å²) in [4.78, 5) is 0. The minimum absolute atomic E-state index is 0. The Bertz CT molecular complexity index is 516. The third-order valence-electron chi connectivity index (χ3n) is 3.47. The van der Waals surface area contributed by atoms with Crippen LogP contribution in [0.5, 0.6) is 0 Å². The van der Waals surface area contributed by atoms with Crippen LogP contribution in [0.1, 0.15) is 23.6 Å². The summed E-state index contributed by atoms with van der Waals surface area (Å²) in [6.45, 7) is 3.31. The zero-order chi connectivity index (χ0) is 14.2. The van der Waals surface area contributed by atoms with Crippen molar-refractivity contribution in [3.63, 3.8) is 0 Å². The van der Waals surface area contributed by atoms with Crippen LogP contribution in [0.3, 0.4) is 0 Å². The van der Waals surface area contributed by atoms with E-state index in [0.29, 0.717) is 6.04 Å². The maximum absolute atomic E-state index is 9.15. The van der Waals surface area contributed by atoms with E-state index < -0.39 is 0 Å². The zero-order valence-corrected chi connectivity index (χ0v) is 13.3. The monoisotopic (exact) mass is 305 g/mol. The van der Waals surface area contributed by atoms with Gasteiger partial charge >= 0.3 is 0 Å². The summed E-state index contributed by atoms with van der Waals surface area (Å²) in [7, 11) is 0. The molecule has 0 heterocycles. The second-order valence-electron chi connectivity index (χ2n) is 5.27. The maximum Gasteiger partial charge on any atom is 0.0681 e. The lowest BCUT2D eigenvalue weighted by atomic mass is 10.0. The lowest BCUT2D eigenvalue weighted by molar-refractivity contribution is 0.281. The second kappa shape index (κ2) is 9.56. The van der Waals surface area contributed by atoms with Crippen molar-refractivity contribution in [2.75, 3.05) is 6.54 Å². The van der Waals surface area contributed by atoms with Gasteiger partial charge in [-0.05, 0) is 43.0 Å². The van der Waals surface area contributed by atoms with Crippen LogP contribution >= 0.6 is 12.4 Å². The van der Waals surface area contributed by atoms with Crippen molar-refractivity contribution in [3.8, 4) is 0 Å². The predicted octanol–water partition coefficient (Wildman–Crippen LogP) is 3.36. The molecule has 0 spiro atoms. The number of hydrogen-bond donors (Lipinski definition) is 2. The largest absolute Gasteiger partial charge is 0.392 e. The van der Waals surface area contributed by atoms with E-state index in [1.165, 1.54) is 11.1 Å². The summed E-state index contributed by atoms with van der Waals surface area (Å²) in [5.41, 5.74) is 3.63. The molecular weight excluding hydrogens is 282 g/mol. The van der Waals surface area contributed by atoms with E-state index in [2.05, 4.69) is 48.6 Å². The Morgan fingerprint density at radius 2 is 1.62 bits per heavy atom. The molecule has 2 rings (SSSR count). The second-order valence-corrected chi connectivity index (χ2v) is 5.27. The van der Waals surface area contributed by atoms with Crippen LogP contribution < -0.4 is 5.32 Å². The number of halogens is 1. The van der Waals surface area contributed by atoms with Gasteiger partial charge in [-0.2, -0.15) is 0 Å². The van der Waals surface area contributed by atoms with Gasteiger partial charge in [0.1, 0.15) is 0 Å². The highest BCUT2D eigenvalue weighted by molar-refractivity contribution is 5.85. The van der Waals surface area contributed by atoms with E-state index >= 15 is 0 Å². The smallest absolute Gasteiger partial charge is 0.0681 e. The van der Waals surface area contributed by atoms with Crippen molar-refractivity contribution in [2.24, 2.45) is 0 Å². The standard InChI is InChI=1S/C18H23NO.ClH/c1-15(12-17-8-5-9-18(13-17)14-20)19-11-10-16-6-3-2-4-7-16;/h2-9,13,15,19-20H,10-12,14H2,1H3;1H/t15-;/m1./s1. The van der Waals surface area contributed by atoms with Crippen molar-refractivity contribution in [3.05, 3.63) is 71.3 Å². The predicted molar refractivity (Wildman–Crippen MR) is 90.9 cm³/mol. The van der Waals surface area contributed by atoms with Crippen LogP contribution in [-0.2, 0) is 19.4 Å². The molecule has 0 amide bonds. The molecule has 0 aromatic heterocycles. The fourth-order valence-electron chi connectivity index (χ4n) is 2.39. The number of aliphatic hydroxyl groups excluding tert-OH is 1. The summed E-state index contributed by atoms with van der Waals surface area (Å²) >= 11 is 0. The minimum atomic E-state index is 0. The quantitative estimate of drug-likeness (QED) is 0.822. The lowest BCUT2D eigenvalue weighted by Crippen LogP contribution is -2.30. The first-order chi connectivity index (χ1) is 9.78. The molecule has 0 fully saturated rings. The highest BCUT2D eigenvalue weighted by Gasteiger charge is 2.03. The summed E-state index contributed by atoms with van der Waals surface area (Å²) in [6.07, 6.45) is 2.05. The Morgan fingerprint density at radius 1 is 0.952 bits per heavy atom. The van der Waals surface area contributed by atoms with Gasteiger partial charge in [0.2, 0.25) is 0 Å². The number of benzene rings is 2. The molecule has 0 aliphatic rings. The average Bonchev–Trinajstić information content (AvgIpc) is 2.48. The van der Waals surface area contributed by atoms with E-state index in [-0.39, 0.29) is 19.0 Å². The third kappa shape index (κ3) is 6.30. The fraction of sp³-hybridized carbons (Fsp3) is 0.333. The van der Waals surface area contributed by atoms with Crippen LogP contribution in [0.15, 0.2) is 54.6 Å². The molecule has 0 bridgehead atoms. The van der Waals surface area contributed by atoms with Gasteiger partial charge in [-0.25, -0.2) is 0 Å². The van der Waals surface area contributed by atoms with E-state index in [1.54, 1.807) is 0 Å². The van der Waals surface area contributed by atoms with E-state index in [4.69, 9.17) is 5.11 Å². The molecule has 21 heavy (non-hydrogen) atoms. The molecule has 1 atom stereocenters. The molecule has 0 saturated carbocycles. The van der Waals surface area contributed by atoms with E-state index in [9.17, 15) is 0 Å². The first kappa shape index (κ1) is 17.7. The molecular formula is C18H24ClNO. The van der Waals surface area contributed by atoms with E-state index in [0.717, 1.165) is 24.9 Å². The average molecular weight is 306 g/mol. The summed E-state index contributed by atoms with van der Waals surface area (Å²) in [5.74, 6) is 0. The zero-order valence-electron chi connectivity index (χ0n) is 12.5. The Morgan fingerprint density at radius 3 is 2.33 bits per heavy atom. The maximum atomic E-state index is 9.15. The van der Waals surface area contributed by atoms with Crippen molar-refractivity contribution >= 4 is 12.4 Å². The molecule has 114 valence electrons. The van der Waals surface area contributed by atoms with Crippen LogP contribution in [0.25, 0.3) is 0 Å². The Balaban J connectivity index is 0.00000220. The van der Waals surface area contributed by atoms with Gasteiger partial charge in [0, 0.05) is 6.04 Å². The summed E-state index contributed by atoms with van der Waals surface area (Å²) in [5, 5.41) is 12.7. The summed E-state index contributed by atoms with van der Waals surface area (Å²) < 4.78 is 0. The van der Waals surface area contributed by atoms with Crippen molar-refractivity contribution in [1.82, 2.24) is 5.32 Å². The molecule has 0 radical (unpaired) electrons. The Kier molecular flexibility index (Phi) is 8.06. The van der Waals surface area contributed by atoms with Gasteiger partial charge in [0.05, 0.1) is 6.61 Å². The van der Waals surface area contributed by atoms with Crippen molar-refractivity contribution in [2.45, 2.75) is 32.4 Å². The Hall–Kier alpha value is -1.35. The van der Waals surface area contributed by atoms with Crippen LogP contribution in [0.2, 0.25) is 0 Å². The first-order valence-corrected chi connectivity index (χ1v) is 7.24. The van der Waals surface area contributed by atoms with Gasteiger partial charge in [-0.3, -0.25) is 0 Å². The molecule has 2 aromatic carbocycles. The van der Waals surface area contributed by atoms with Gasteiger partial charge < -0.3 is 10.4 Å². The van der Waals surface area contributed by atoms with Crippen molar-refractivity contribution < 1.29 is 5.11 Å². The van der Waals surface area contributed by atoms with Crippen LogP contribution in [0, 0.1) is 0 Å². The lowest BCUT2D eigenvalue weighted by Gasteiger charge is -2.14. The molecule has 0 saturated heterocycles. The van der Waals surface area contributed by atoms with Gasteiger partial charge in [-0.1, -0.05) is 54.6 Å². The Labute approximate surface area is 133 Å². The molecule has 2 nitrogen and oxygen atoms in total. The van der Waals surface area contributed by atoms with Gasteiger partial charge in [0.15, 0.2) is 0 Å². The number of rotatable bonds is 7. The number of aliphatic hydroxyl groups is 1. The van der Waals surface area contributed by atoms with Crippen LogP contribution in [-0.4, -0.2) is 17.7 Å². The fourth-order valence-corrected chi connectivity index (χ4v) is 2.39. The van der Waals surface area contributed by atoms with Gasteiger partial charge in [-0.15, -0.1) is 12.4 Å². The number of hydrogen-bond acceptors (Lipinski definition) is 2. The SMILES string of the molecule is C[C@H](Cc1cccc(CO)c1)NCCc1ccccc1.Cl. The highest BCUT2D eigenvalue weighted by Crippen LogP contribution is 2.08. The first-order valence-electron chi connectivity index (χ1n) is 7.24. The molecule has 0 aliphatic carbocycles. The van der Waals surface area contributed by atoms with E-state index in [1.807, 2.05) is 18.2 Å². The third-order valence-corrected chi connectivity index (χ3v) is 3.47. The number of nitrogens with one attached hydrogen (secondary N) is 1. The molecule has 3 heteroatoms. The van der Waals surface area contributed by atoms with Gasteiger partial charge in [0.25, 0.3) is 0 Å².